The number of hydrogen-bond donors (Lipinski definition) is 1. The third-order valence-electron chi connectivity index (χ3n) is 5.77. The summed E-state index contributed by atoms with van der Waals surface area (Å²) in [6.45, 7) is 6.14. The molecule has 5 heteroatoms. The zero-order valence-corrected chi connectivity index (χ0v) is 16.0. The predicted octanol–water partition coefficient (Wildman–Crippen LogP) is 0.985. The van der Waals surface area contributed by atoms with Crippen LogP contribution in [0.2, 0.25) is 0 Å². The number of fused-ring (bicyclic) bond motifs is 1. The minimum Gasteiger partial charge on any atom is -0.497 e. The fourth-order valence-corrected chi connectivity index (χ4v) is 4.10. The van der Waals surface area contributed by atoms with Crippen molar-refractivity contribution in [3.63, 3.8) is 0 Å². The third kappa shape index (κ3) is 4.08. The highest BCUT2D eigenvalue weighted by atomic mass is 16.5. The van der Waals surface area contributed by atoms with Crippen LogP contribution >= 0.6 is 0 Å². The summed E-state index contributed by atoms with van der Waals surface area (Å²) >= 11 is 0. The molecule has 2 heterocycles. The number of ether oxygens (including phenoxy) is 1. The third-order valence-corrected chi connectivity index (χ3v) is 5.77. The highest BCUT2D eigenvalue weighted by Gasteiger charge is 2.27. The van der Waals surface area contributed by atoms with Crippen molar-refractivity contribution in [3.8, 4) is 5.75 Å². The summed E-state index contributed by atoms with van der Waals surface area (Å²) in [5.74, 6) is 1.18. The minimum atomic E-state index is 0.286. The fourth-order valence-electron chi connectivity index (χ4n) is 4.10. The first-order valence-electron chi connectivity index (χ1n) is 9.80. The Balaban J connectivity index is 1.30. The van der Waals surface area contributed by atoms with E-state index >= 15 is 0 Å². The number of rotatable bonds is 4. The van der Waals surface area contributed by atoms with E-state index in [0.717, 1.165) is 51.4 Å². The highest BCUT2D eigenvalue weighted by molar-refractivity contribution is 5.77. The minimum absolute atomic E-state index is 0.286. The zero-order chi connectivity index (χ0) is 18.6. The normalized spacial score (nSPS) is 17.5. The van der Waals surface area contributed by atoms with Crippen LogP contribution in [-0.4, -0.2) is 57.2 Å². The van der Waals surface area contributed by atoms with Crippen molar-refractivity contribution in [3.05, 3.63) is 59.7 Å². The molecule has 5 nitrogen and oxygen atoms in total. The number of hydrogen-bond acceptors (Lipinski definition) is 3. The second kappa shape index (κ2) is 8.01. The number of amides is 1. The van der Waals surface area contributed by atoms with Crippen molar-refractivity contribution in [2.45, 2.75) is 13.0 Å². The molecule has 0 atom stereocenters. The van der Waals surface area contributed by atoms with Crippen molar-refractivity contribution in [1.82, 2.24) is 4.90 Å². The number of carbonyl (C=O) groups is 1. The number of nitrogens with one attached hydrogen (secondary N) is 1. The topological polar surface area (TPSA) is 37.2 Å². The molecular weight excluding hydrogens is 338 g/mol. The van der Waals surface area contributed by atoms with E-state index in [2.05, 4.69) is 41.3 Å². The second-order valence-electron chi connectivity index (χ2n) is 7.45. The Labute approximate surface area is 161 Å². The van der Waals surface area contributed by atoms with E-state index < -0.39 is 0 Å². The van der Waals surface area contributed by atoms with Gasteiger partial charge in [0.25, 0.3) is 5.91 Å². The molecule has 142 valence electrons. The number of piperazine rings is 1. The van der Waals surface area contributed by atoms with Gasteiger partial charge >= 0.3 is 0 Å². The Morgan fingerprint density at radius 3 is 2.59 bits per heavy atom. The van der Waals surface area contributed by atoms with Crippen LogP contribution in [0.5, 0.6) is 5.75 Å². The summed E-state index contributed by atoms with van der Waals surface area (Å²) in [6.07, 6.45) is 0.973. The van der Waals surface area contributed by atoms with Crippen molar-refractivity contribution >= 4 is 11.6 Å². The summed E-state index contributed by atoms with van der Waals surface area (Å²) in [7, 11) is 1.70. The van der Waals surface area contributed by atoms with Gasteiger partial charge in [0.15, 0.2) is 6.54 Å². The van der Waals surface area contributed by atoms with E-state index in [1.807, 2.05) is 17.0 Å². The molecule has 2 aliphatic heterocycles. The van der Waals surface area contributed by atoms with Crippen molar-refractivity contribution < 1.29 is 14.4 Å². The van der Waals surface area contributed by atoms with Crippen molar-refractivity contribution in [2.75, 3.05) is 51.3 Å². The smallest absolute Gasteiger partial charge is 0.278 e. The summed E-state index contributed by atoms with van der Waals surface area (Å²) in [5, 5.41) is 0. The SMILES string of the molecule is COc1cccc(N2CC[NH+](CC(=O)N3CCc4ccccc4C3)CC2)c1. The lowest BCUT2D eigenvalue weighted by Gasteiger charge is -2.35. The van der Waals surface area contributed by atoms with Crippen LogP contribution in [-0.2, 0) is 17.8 Å². The molecule has 1 fully saturated rings. The van der Waals surface area contributed by atoms with E-state index in [1.165, 1.54) is 21.7 Å². The summed E-state index contributed by atoms with van der Waals surface area (Å²) in [6, 6.07) is 16.7. The average Bonchev–Trinajstić information content (AvgIpc) is 2.74. The quantitative estimate of drug-likeness (QED) is 0.877. The maximum Gasteiger partial charge on any atom is 0.278 e. The van der Waals surface area contributed by atoms with E-state index in [-0.39, 0.29) is 5.91 Å². The van der Waals surface area contributed by atoms with Gasteiger partial charge in [-0.25, -0.2) is 0 Å². The lowest BCUT2D eigenvalue weighted by molar-refractivity contribution is -0.892. The predicted molar refractivity (Wildman–Crippen MR) is 106 cm³/mol. The molecule has 0 saturated carbocycles. The van der Waals surface area contributed by atoms with Crippen LogP contribution in [0.25, 0.3) is 0 Å². The first-order chi connectivity index (χ1) is 13.2. The molecule has 27 heavy (non-hydrogen) atoms. The summed E-state index contributed by atoms with van der Waals surface area (Å²) in [5.41, 5.74) is 3.89. The van der Waals surface area contributed by atoms with E-state index in [4.69, 9.17) is 4.74 Å². The molecule has 0 spiro atoms. The fraction of sp³-hybridized carbons (Fsp3) is 0.409. The van der Waals surface area contributed by atoms with Crippen molar-refractivity contribution in [2.24, 2.45) is 0 Å². The van der Waals surface area contributed by atoms with Gasteiger partial charge in [-0.05, 0) is 29.7 Å². The van der Waals surface area contributed by atoms with Crippen LogP contribution in [0.1, 0.15) is 11.1 Å². The molecule has 1 N–H and O–H groups in total. The summed E-state index contributed by atoms with van der Waals surface area (Å²) < 4.78 is 5.33. The van der Waals surface area contributed by atoms with Gasteiger partial charge in [0.2, 0.25) is 0 Å². The molecule has 2 aromatic carbocycles. The number of quaternary nitrogens is 1. The first-order valence-corrected chi connectivity index (χ1v) is 9.80. The molecule has 0 radical (unpaired) electrons. The van der Waals surface area contributed by atoms with E-state index in [9.17, 15) is 4.79 Å². The monoisotopic (exact) mass is 366 g/mol. The van der Waals surface area contributed by atoms with Crippen LogP contribution in [0.4, 0.5) is 5.69 Å². The molecule has 4 rings (SSSR count). The van der Waals surface area contributed by atoms with Gasteiger partial charge in [0.1, 0.15) is 5.75 Å². The molecule has 1 amide bonds. The number of methoxy groups -OCH3 is 1. The standard InChI is InChI=1S/C22H27N3O2/c1-27-21-8-4-7-20(15-21)24-13-11-23(12-14-24)17-22(26)25-10-9-18-5-2-3-6-19(18)16-25/h2-8,15H,9-14,16-17H2,1H3/p+1. The number of benzene rings is 2. The van der Waals surface area contributed by atoms with Gasteiger partial charge in [0, 0.05) is 24.8 Å². The molecule has 2 aromatic rings. The van der Waals surface area contributed by atoms with Gasteiger partial charge in [0.05, 0.1) is 33.3 Å². The average molecular weight is 366 g/mol. The highest BCUT2D eigenvalue weighted by Crippen LogP contribution is 2.21. The van der Waals surface area contributed by atoms with Crippen LogP contribution < -0.4 is 14.5 Å². The second-order valence-corrected chi connectivity index (χ2v) is 7.45. The Bertz CT molecular complexity index is 800. The van der Waals surface area contributed by atoms with Crippen LogP contribution in [0.15, 0.2) is 48.5 Å². The Morgan fingerprint density at radius 1 is 1.04 bits per heavy atom. The van der Waals surface area contributed by atoms with E-state index in [1.54, 1.807) is 7.11 Å². The first kappa shape index (κ1) is 17.9. The number of nitrogens with zero attached hydrogens (tertiary/aromatic N) is 2. The van der Waals surface area contributed by atoms with Gasteiger partial charge < -0.3 is 19.4 Å². The number of anilines is 1. The Morgan fingerprint density at radius 2 is 1.81 bits per heavy atom. The molecule has 0 aliphatic carbocycles. The maximum absolute atomic E-state index is 12.8. The number of carbonyl (C=O) groups excluding carboxylic acids is 1. The molecule has 0 unspecified atom stereocenters. The Kier molecular flexibility index (Phi) is 5.30. The molecular formula is C22H28N3O2+. The molecule has 0 bridgehead atoms. The zero-order valence-electron chi connectivity index (χ0n) is 16.0. The Hall–Kier alpha value is -2.53. The molecule has 2 aliphatic rings. The molecule has 1 saturated heterocycles. The van der Waals surface area contributed by atoms with Crippen molar-refractivity contribution in [1.29, 1.82) is 0 Å². The lowest BCUT2D eigenvalue weighted by Crippen LogP contribution is -3.15. The van der Waals surface area contributed by atoms with Gasteiger partial charge in [-0.3, -0.25) is 4.79 Å². The summed E-state index contributed by atoms with van der Waals surface area (Å²) in [4.78, 5) is 18.6. The van der Waals surface area contributed by atoms with E-state index in [0.29, 0.717) is 6.54 Å². The largest absolute Gasteiger partial charge is 0.497 e. The molecule has 0 aromatic heterocycles. The van der Waals surface area contributed by atoms with Crippen LogP contribution in [0.3, 0.4) is 0 Å². The van der Waals surface area contributed by atoms with Crippen LogP contribution in [0, 0.1) is 0 Å². The van der Waals surface area contributed by atoms with Gasteiger partial charge in [-0.2, -0.15) is 0 Å². The van der Waals surface area contributed by atoms with Gasteiger partial charge in [-0.1, -0.05) is 30.3 Å². The maximum atomic E-state index is 12.8. The lowest BCUT2D eigenvalue weighted by atomic mass is 10.00. The van der Waals surface area contributed by atoms with Gasteiger partial charge in [-0.15, -0.1) is 0 Å².